The highest BCUT2D eigenvalue weighted by Crippen LogP contribution is 2.10. The summed E-state index contributed by atoms with van der Waals surface area (Å²) in [6.45, 7) is 2.86. The highest BCUT2D eigenvalue weighted by Gasteiger charge is 2.06. The van der Waals surface area contributed by atoms with Gasteiger partial charge in [0, 0.05) is 18.5 Å². The summed E-state index contributed by atoms with van der Waals surface area (Å²) in [5.74, 6) is 0.842. The third-order valence-corrected chi connectivity index (χ3v) is 3.12. The molecule has 7 heteroatoms. The molecule has 0 aromatic carbocycles. The van der Waals surface area contributed by atoms with Crippen LogP contribution in [0.25, 0.3) is 0 Å². The average molecular weight is 253 g/mol. The maximum absolute atomic E-state index is 4.96. The highest BCUT2D eigenvalue weighted by molar-refractivity contribution is 7.09. The Bertz CT molecular complexity index is 428. The highest BCUT2D eigenvalue weighted by atomic mass is 32.1. The minimum Gasteiger partial charge on any atom is -0.383 e. The summed E-state index contributed by atoms with van der Waals surface area (Å²) in [6.07, 6.45) is 0. The topological polar surface area (TPSA) is 64.9 Å². The van der Waals surface area contributed by atoms with Gasteiger partial charge in [0.25, 0.3) is 0 Å². The number of methoxy groups -OCH3 is 1. The van der Waals surface area contributed by atoms with E-state index in [1.807, 2.05) is 10.7 Å². The van der Waals surface area contributed by atoms with Gasteiger partial charge in [-0.25, -0.2) is 4.68 Å². The predicted octanol–water partition coefficient (Wildman–Crippen LogP) is 0.519. The number of nitrogens with one attached hydrogen (secondary N) is 1. The number of hydrogen-bond acceptors (Lipinski definition) is 6. The Balaban J connectivity index is 1.88. The predicted molar refractivity (Wildman–Crippen MR) is 64.8 cm³/mol. The molecule has 17 heavy (non-hydrogen) atoms. The molecule has 0 bridgehead atoms. The molecule has 92 valence electrons. The van der Waals surface area contributed by atoms with Gasteiger partial charge in [-0.2, -0.15) is 0 Å². The minimum absolute atomic E-state index is 0.654. The molecule has 0 fully saturated rings. The molecule has 0 aliphatic heterocycles. The summed E-state index contributed by atoms with van der Waals surface area (Å²) in [4.78, 5) is 1.25. The third-order valence-electron chi connectivity index (χ3n) is 2.26. The minimum atomic E-state index is 0.654. The lowest BCUT2D eigenvalue weighted by molar-refractivity contribution is 0.198. The molecule has 0 spiro atoms. The third kappa shape index (κ3) is 3.58. The number of ether oxygens (including phenoxy) is 1. The maximum Gasteiger partial charge on any atom is 0.165 e. The van der Waals surface area contributed by atoms with Crippen molar-refractivity contribution in [2.24, 2.45) is 0 Å². The SMILES string of the molecule is COCCNCc1nnnn1Cc1cccs1. The lowest BCUT2D eigenvalue weighted by atomic mass is 10.4. The van der Waals surface area contributed by atoms with Gasteiger partial charge in [-0.1, -0.05) is 6.07 Å². The Kier molecular flexibility index (Phi) is 4.60. The zero-order valence-electron chi connectivity index (χ0n) is 9.67. The van der Waals surface area contributed by atoms with E-state index in [2.05, 4.69) is 32.3 Å². The Morgan fingerprint density at radius 1 is 1.53 bits per heavy atom. The summed E-state index contributed by atoms with van der Waals surface area (Å²) in [6, 6.07) is 4.11. The molecule has 2 aromatic heterocycles. The quantitative estimate of drug-likeness (QED) is 0.729. The molecular formula is C10H15N5OS. The van der Waals surface area contributed by atoms with E-state index in [4.69, 9.17) is 4.74 Å². The van der Waals surface area contributed by atoms with Gasteiger partial charge >= 0.3 is 0 Å². The number of hydrogen-bond donors (Lipinski definition) is 1. The van der Waals surface area contributed by atoms with Crippen LogP contribution in [0.4, 0.5) is 0 Å². The molecule has 0 saturated heterocycles. The summed E-state index contributed by atoms with van der Waals surface area (Å²) in [5, 5.41) is 17.0. The van der Waals surface area contributed by atoms with Crippen molar-refractivity contribution < 1.29 is 4.74 Å². The van der Waals surface area contributed by atoms with Crippen LogP contribution in [0.3, 0.4) is 0 Å². The van der Waals surface area contributed by atoms with E-state index < -0.39 is 0 Å². The number of rotatable bonds is 7. The summed E-state index contributed by atoms with van der Waals surface area (Å²) < 4.78 is 6.77. The van der Waals surface area contributed by atoms with Crippen molar-refractivity contribution in [1.82, 2.24) is 25.5 Å². The monoisotopic (exact) mass is 253 g/mol. The van der Waals surface area contributed by atoms with E-state index in [0.29, 0.717) is 13.2 Å². The first-order valence-electron chi connectivity index (χ1n) is 5.37. The van der Waals surface area contributed by atoms with E-state index in [9.17, 15) is 0 Å². The standard InChI is InChI=1S/C10H15N5OS/c1-16-5-4-11-7-10-12-13-14-15(10)8-9-3-2-6-17-9/h2-3,6,11H,4-5,7-8H2,1H3. The molecule has 2 rings (SSSR count). The van der Waals surface area contributed by atoms with E-state index in [1.165, 1.54) is 4.88 Å². The van der Waals surface area contributed by atoms with Gasteiger partial charge in [0.1, 0.15) is 0 Å². The first kappa shape index (κ1) is 12.2. The van der Waals surface area contributed by atoms with Crippen molar-refractivity contribution in [2.45, 2.75) is 13.1 Å². The molecule has 1 N–H and O–H groups in total. The average Bonchev–Trinajstić information content (AvgIpc) is 2.97. The van der Waals surface area contributed by atoms with Gasteiger partial charge in [-0.05, 0) is 21.9 Å². The largest absolute Gasteiger partial charge is 0.383 e. The first-order chi connectivity index (χ1) is 8.40. The lowest BCUT2D eigenvalue weighted by Crippen LogP contribution is -2.21. The summed E-state index contributed by atoms with van der Waals surface area (Å²) in [5.41, 5.74) is 0. The van der Waals surface area contributed by atoms with Gasteiger partial charge in [-0.3, -0.25) is 0 Å². The zero-order valence-corrected chi connectivity index (χ0v) is 10.5. The van der Waals surface area contributed by atoms with Crippen LogP contribution in [-0.2, 0) is 17.8 Å². The second-order valence-corrected chi connectivity index (χ2v) is 4.53. The Hall–Kier alpha value is -1.31. The fourth-order valence-electron chi connectivity index (χ4n) is 1.40. The van der Waals surface area contributed by atoms with Crippen LogP contribution in [0, 0.1) is 0 Å². The molecule has 0 aliphatic rings. The van der Waals surface area contributed by atoms with Crippen LogP contribution in [0.15, 0.2) is 17.5 Å². The fraction of sp³-hybridized carbons (Fsp3) is 0.500. The summed E-state index contributed by atoms with van der Waals surface area (Å²) >= 11 is 1.71. The maximum atomic E-state index is 4.96. The molecule has 0 radical (unpaired) electrons. The second-order valence-electron chi connectivity index (χ2n) is 3.50. The molecule has 2 heterocycles. The van der Waals surface area contributed by atoms with Crippen molar-refractivity contribution in [3.05, 3.63) is 28.2 Å². The number of thiophene rings is 1. The Morgan fingerprint density at radius 2 is 2.47 bits per heavy atom. The first-order valence-corrected chi connectivity index (χ1v) is 6.25. The fourth-order valence-corrected chi connectivity index (χ4v) is 2.08. The van der Waals surface area contributed by atoms with Crippen LogP contribution in [-0.4, -0.2) is 40.5 Å². The molecule has 0 amide bonds. The Morgan fingerprint density at radius 3 is 3.24 bits per heavy atom. The number of tetrazole rings is 1. The molecule has 0 saturated carbocycles. The van der Waals surface area contributed by atoms with Crippen molar-refractivity contribution in [2.75, 3.05) is 20.3 Å². The molecule has 0 aliphatic carbocycles. The molecule has 6 nitrogen and oxygen atoms in total. The smallest absolute Gasteiger partial charge is 0.165 e. The normalized spacial score (nSPS) is 10.9. The van der Waals surface area contributed by atoms with Gasteiger partial charge < -0.3 is 10.1 Å². The Labute approximate surface area is 104 Å². The number of nitrogens with zero attached hydrogens (tertiary/aromatic N) is 4. The van der Waals surface area contributed by atoms with Gasteiger partial charge in [-0.15, -0.1) is 16.4 Å². The zero-order chi connectivity index (χ0) is 11.9. The van der Waals surface area contributed by atoms with E-state index in [-0.39, 0.29) is 0 Å². The van der Waals surface area contributed by atoms with Gasteiger partial charge in [0.05, 0.1) is 19.7 Å². The lowest BCUT2D eigenvalue weighted by Gasteiger charge is -2.04. The molecule has 2 aromatic rings. The second kappa shape index (κ2) is 6.43. The van der Waals surface area contributed by atoms with Crippen LogP contribution >= 0.6 is 11.3 Å². The van der Waals surface area contributed by atoms with E-state index in [0.717, 1.165) is 18.9 Å². The van der Waals surface area contributed by atoms with Gasteiger partial charge in [0.2, 0.25) is 0 Å². The van der Waals surface area contributed by atoms with Crippen molar-refractivity contribution in [1.29, 1.82) is 0 Å². The molecule has 0 atom stereocenters. The van der Waals surface area contributed by atoms with Crippen molar-refractivity contribution in [3.8, 4) is 0 Å². The van der Waals surface area contributed by atoms with Crippen molar-refractivity contribution in [3.63, 3.8) is 0 Å². The van der Waals surface area contributed by atoms with Crippen LogP contribution < -0.4 is 5.32 Å². The van der Waals surface area contributed by atoms with Crippen LogP contribution in [0.1, 0.15) is 10.7 Å². The van der Waals surface area contributed by atoms with Crippen LogP contribution in [0.5, 0.6) is 0 Å². The van der Waals surface area contributed by atoms with E-state index in [1.54, 1.807) is 18.4 Å². The molecular weight excluding hydrogens is 238 g/mol. The van der Waals surface area contributed by atoms with E-state index >= 15 is 0 Å². The van der Waals surface area contributed by atoms with Crippen LogP contribution in [0.2, 0.25) is 0 Å². The number of aromatic nitrogens is 4. The molecule has 0 unspecified atom stereocenters. The van der Waals surface area contributed by atoms with Crippen molar-refractivity contribution >= 4 is 11.3 Å². The summed E-state index contributed by atoms with van der Waals surface area (Å²) in [7, 11) is 1.68. The van der Waals surface area contributed by atoms with Gasteiger partial charge in [0.15, 0.2) is 5.82 Å².